The molecule has 2 amide bonds. The Labute approximate surface area is 167 Å². The summed E-state index contributed by atoms with van der Waals surface area (Å²) in [6.07, 6.45) is 0. The van der Waals surface area contributed by atoms with E-state index in [0.717, 1.165) is 5.56 Å². The minimum Gasteiger partial charge on any atom is -0.346 e. The molecule has 142 valence electrons. The molecule has 0 spiro atoms. The van der Waals surface area contributed by atoms with Crippen LogP contribution in [-0.2, 0) is 0 Å². The smallest absolute Gasteiger partial charge is 0.255 e. The molecule has 0 aliphatic rings. The highest BCUT2D eigenvalue weighted by Gasteiger charge is 2.12. The average Bonchev–Trinajstić information content (AvgIpc) is 2.69. The topological polar surface area (TPSA) is 58.2 Å². The molecule has 1 atom stereocenters. The number of rotatable bonds is 5. The van der Waals surface area contributed by atoms with Gasteiger partial charge in [-0.2, -0.15) is 0 Å². The number of amides is 2. The number of hydrogen-bond donors (Lipinski definition) is 2. The summed E-state index contributed by atoms with van der Waals surface area (Å²) in [6, 6.07) is 18.9. The van der Waals surface area contributed by atoms with Crippen molar-refractivity contribution in [2.45, 2.75) is 13.0 Å². The Hall–Kier alpha value is -3.18. The average molecular weight is 397 g/mol. The highest BCUT2D eigenvalue weighted by molar-refractivity contribution is 6.30. The number of benzene rings is 3. The molecule has 3 rings (SSSR count). The van der Waals surface area contributed by atoms with Gasteiger partial charge in [0.15, 0.2) is 0 Å². The third kappa shape index (κ3) is 4.96. The molecule has 3 aromatic rings. The third-order valence-electron chi connectivity index (χ3n) is 4.23. The van der Waals surface area contributed by atoms with Crippen molar-refractivity contribution in [2.75, 3.05) is 5.32 Å². The van der Waals surface area contributed by atoms with Crippen molar-refractivity contribution in [3.05, 3.63) is 100 Å². The summed E-state index contributed by atoms with van der Waals surface area (Å²) >= 11 is 5.84. The quantitative estimate of drug-likeness (QED) is 0.621. The summed E-state index contributed by atoms with van der Waals surface area (Å²) in [5.74, 6) is -0.912. The zero-order chi connectivity index (χ0) is 20.1. The third-order valence-corrected chi connectivity index (χ3v) is 4.48. The monoisotopic (exact) mass is 396 g/mol. The van der Waals surface area contributed by atoms with Gasteiger partial charge < -0.3 is 10.6 Å². The van der Waals surface area contributed by atoms with Gasteiger partial charge in [-0.1, -0.05) is 23.7 Å². The molecule has 0 saturated heterocycles. The van der Waals surface area contributed by atoms with Crippen LogP contribution in [0.3, 0.4) is 0 Å². The fourth-order valence-electron chi connectivity index (χ4n) is 2.62. The van der Waals surface area contributed by atoms with Gasteiger partial charge in [0.25, 0.3) is 11.8 Å². The molecule has 0 aliphatic heterocycles. The molecule has 0 aliphatic carbocycles. The Bertz CT molecular complexity index is 971. The lowest BCUT2D eigenvalue weighted by Gasteiger charge is -2.15. The molecule has 4 nitrogen and oxygen atoms in total. The predicted octanol–water partition coefficient (Wildman–Crippen LogP) is 5.22. The molecule has 0 fully saturated rings. The number of carbonyl (C=O) groups is 2. The molecule has 0 radical (unpaired) electrons. The molecule has 28 heavy (non-hydrogen) atoms. The molecule has 0 bridgehead atoms. The zero-order valence-corrected chi connectivity index (χ0v) is 15.8. The number of carbonyl (C=O) groups excluding carboxylic acids is 2. The van der Waals surface area contributed by atoms with E-state index < -0.39 is 5.82 Å². The van der Waals surface area contributed by atoms with Gasteiger partial charge in [-0.05, 0) is 73.2 Å². The predicted molar refractivity (Wildman–Crippen MR) is 108 cm³/mol. The van der Waals surface area contributed by atoms with Gasteiger partial charge in [0.05, 0.1) is 6.04 Å². The maximum Gasteiger partial charge on any atom is 0.255 e. The van der Waals surface area contributed by atoms with Crippen molar-refractivity contribution in [3.63, 3.8) is 0 Å². The van der Waals surface area contributed by atoms with Crippen molar-refractivity contribution in [1.82, 2.24) is 5.32 Å². The first-order chi connectivity index (χ1) is 13.4. The van der Waals surface area contributed by atoms with Crippen LogP contribution in [0, 0.1) is 5.82 Å². The van der Waals surface area contributed by atoms with E-state index in [4.69, 9.17) is 11.6 Å². The van der Waals surface area contributed by atoms with E-state index in [0.29, 0.717) is 21.8 Å². The Kier molecular flexibility index (Phi) is 6.06. The minimum absolute atomic E-state index is 0.196. The van der Waals surface area contributed by atoms with Crippen LogP contribution in [0.1, 0.15) is 39.2 Å². The van der Waals surface area contributed by atoms with Crippen molar-refractivity contribution in [3.8, 4) is 0 Å². The molecule has 0 heterocycles. The van der Waals surface area contributed by atoms with Crippen LogP contribution >= 0.6 is 11.6 Å². The first kappa shape index (κ1) is 19.6. The van der Waals surface area contributed by atoms with Crippen molar-refractivity contribution in [2.24, 2.45) is 0 Å². The van der Waals surface area contributed by atoms with Crippen LogP contribution in [0.4, 0.5) is 10.1 Å². The van der Waals surface area contributed by atoms with E-state index in [-0.39, 0.29) is 17.9 Å². The Morgan fingerprint density at radius 1 is 0.821 bits per heavy atom. The number of hydrogen-bond acceptors (Lipinski definition) is 2. The maximum absolute atomic E-state index is 12.9. The van der Waals surface area contributed by atoms with Gasteiger partial charge in [0.1, 0.15) is 5.82 Å². The summed E-state index contributed by atoms with van der Waals surface area (Å²) in [6.45, 7) is 1.87. The maximum atomic E-state index is 12.9. The van der Waals surface area contributed by atoms with Crippen LogP contribution < -0.4 is 10.6 Å². The second kappa shape index (κ2) is 8.67. The van der Waals surface area contributed by atoms with Crippen molar-refractivity contribution < 1.29 is 14.0 Å². The second-order valence-corrected chi connectivity index (χ2v) is 6.72. The van der Waals surface area contributed by atoms with Crippen LogP contribution in [0.15, 0.2) is 72.8 Å². The van der Waals surface area contributed by atoms with E-state index in [1.165, 1.54) is 24.3 Å². The first-order valence-corrected chi connectivity index (χ1v) is 9.03. The van der Waals surface area contributed by atoms with Crippen LogP contribution in [0.2, 0.25) is 5.02 Å². The van der Waals surface area contributed by atoms with Gasteiger partial charge in [-0.25, -0.2) is 4.39 Å². The van der Waals surface area contributed by atoms with Gasteiger partial charge >= 0.3 is 0 Å². The van der Waals surface area contributed by atoms with Gasteiger partial charge in [0, 0.05) is 21.8 Å². The molecule has 2 N–H and O–H groups in total. The highest BCUT2D eigenvalue weighted by Crippen LogP contribution is 2.18. The molecule has 3 aromatic carbocycles. The fourth-order valence-corrected chi connectivity index (χ4v) is 2.75. The standard InChI is InChI=1S/C22H18ClFN2O2/c1-14(25-21(27)16-2-8-18(23)9-3-16)15-6-12-20(13-7-15)26-22(28)17-4-10-19(24)11-5-17/h2-14H,1H3,(H,25,27)(H,26,28). The van der Waals surface area contributed by atoms with E-state index >= 15 is 0 Å². The highest BCUT2D eigenvalue weighted by atomic mass is 35.5. The summed E-state index contributed by atoms with van der Waals surface area (Å²) < 4.78 is 12.9. The van der Waals surface area contributed by atoms with Gasteiger partial charge in [0.2, 0.25) is 0 Å². The summed E-state index contributed by atoms with van der Waals surface area (Å²) in [5, 5.41) is 6.25. The Morgan fingerprint density at radius 2 is 1.36 bits per heavy atom. The van der Waals surface area contributed by atoms with E-state index in [9.17, 15) is 14.0 Å². The lowest BCUT2D eigenvalue weighted by atomic mass is 10.1. The lowest BCUT2D eigenvalue weighted by Crippen LogP contribution is -2.26. The Morgan fingerprint density at radius 3 is 1.96 bits per heavy atom. The number of halogens is 2. The first-order valence-electron chi connectivity index (χ1n) is 8.66. The van der Waals surface area contributed by atoms with Crippen LogP contribution in [0.5, 0.6) is 0 Å². The molecular weight excluding hydrogens is 379 g/mol. The number of anilines is 1. The minimum atomic E-state index is -0.393. The van der Waals surface area contributed by atoms with Crippen LogP contribution in [-0.4, -0.2) is 11.8 Å². The van der Waals surface area contributed by atoms with Gasteiger partial charge in [-0.15, -0.1) is 0 Å². The van der Waals surface area contributed by atoms with E-state index in [1.807, 2.05) is 19.1 Å². The van der Waals surface area contributed by atoms with Crippen LogP contribution in [0.25, 0.3) is 0 Å². The van der Waals surface area contributed by atoms with E-state index in [2.05, 4.69) is 10.6 Å². The second-order valence-electron chi connectivity index (χ2n) is 6.29. The zero-order valence-electron chi connectivity index (χ0n) is 15.1. The molecular formula is C22H18ClFN2O2. The van der Waals surface area contributed by atoms with Crippen molar-refractivity contribution >= 4 is 29.1 Å². The normalized spacial score (nSPS) is 11.5. The van der Waals surface area contributed by atoms with E-state index in [1.54, 1.807) is 36.4 Å². The summed E-state index contributed by atoms with van der Waals surface area (Å²) in [4.78, 5) is 24.5. The summed E-state index contributed by atoms with van der Waals surface area (Å²) in [7, 11) is 0. The SMILES string of the molecule is CC(NC(=O)c1ccc(Cl)cc1)c1ccc(NC(=O)c2ccc(F)cc2)cc1. The molecule has 1 unspecified atom stereocenters. The summed E-state index contributed by atoms with van der Waals surface area (Å²) in [5.41, 5.74) is 2.39. The van der Waals surface area contributed by atoms with Crippen molar-refractivity contribution in [1.29, 1.82) is 0 Å². The molecule has 0 aromatic heterocycles. The lowest BCUT2D eigenvalue weighted by molar-refractivity contribution is 0.0939. The Balaban J connectivity index is 1.61. The number of nitrogens with one attached hydrogen (secondary N) is 2. The molecule has 0 saturated carbocycles. The van der Waals surface area contributed by atoms with Gasteiger partial charge in [-0.3, -0.25) is 9.59 Å². The molecule has 6 heteroatoms. The largest absolute Gasteiger partial charge is 0.346 e. The fraction of sp³-hybridized carbons (Fsp3) is 0.0909.